The summed E-state index contributed by atoms with van der Waals surface area (Å²) in [6.07, 6.45) is 4.69. The second kappa shape index (κ2) is 10.5. The van der Waals surface area contributed by atoms with Gasteiger partial charge in [0.25, 0.3) is 11.5 Å². The Morgan fingerprint density at radius 2 is 1.90 bits per heavy atom. The first kappa shape index (κ1) is 25.2. The topological polar surface area (TPSA) is 149 Å². The highest BCUT2D eigenvalue weighted by Crippen LogP contribution is 2.21. The number of anilines is 1. The molecule has 3 heterocycles. The van der Waals surface area contributed by atoms with Crippen LogP contribution in [0.1, 0.15) is 41.6 Å². The zero-order valence-corrected chi connectivity index (χ0v) is 21.2. The summed E-state index contributed by atoms with van der Waals surface area (Å²) in [5, 5.41) is 5.84. The van der Waals surface area contributed by atoms with Gasteiger partial charge in [0, 0.05) is 24.9 Å². The molecule has 1 atom stereocenters. The summed E-state index contributed by atoms with van der Waals surface area (Å²) >= 11 is 0. The van der Waals surface area contributed by atoms with Crippen LogP contribution in [0, 0.1) is 11.8 Å². The molecule has 2 amide bonds. The Morgan fingerprint density at radius 1 is 1.10 bits per heavy atom. The molecule has 4 N–H and O–H groups in total. The highest BCUT2D eigenvalue weighted by Gasteiger charge is 2.24. The van der Waals surface area contributed by atoms with Crippen molar-refractivity contribution in [3.05, 3.63) is 94.6 Å². The van der Waals surface area contributed by atoms with E-state index in [1.165, 1.54) is 17.8 Å². The average molecular weight is 521 g/mol. The number of nitrogens with one attached hydrogen (secondary N) is 2. The van der Waals surface area contributed by atoms with E-state index in [4.69, 9.17) is 10.7 Å². The molecule has 0 aliphatic carbocycles. The van der Waals surface area contributed by atoms with Gasteiger partial charge >= 0.3 is 0 Å². The Kier molecular flexibility index (Phi) is 6.75. The lowest BCUT2D eigenvalue weighted by Gasteiger charge is -2.20. The first-order valence-electron chi connectivity index (χ1n) is 12.1. The number of para-hydroxylation sites is 1. The fourth-order valence-electron chi connectivity index (χ4n) is 4.23. The number of hydrogen-bond donors (Lipinski definition) is 3. The molecule has 0 unspecified atom stereocenters. The van der Waals surface area contributed by atoms with Crippen molar-refractivity contribution in [2.75, 3.05) is 12.3 Å². The summed E-state index contributed by atoms with van der Waals surface area (Å²) in [7, 11) is 0. The number of imidazole rings is 1. The quantitative estimate of drug-likeness (QED) is 0.300. The van der Waals surface area contributed by atoms with Crippen LogP contribution in [0.25, 0.3) is 22.2 Å². The molecule has 2 aromatic carbocycles. The van der Waals surface area contributed by atoms with Gasteiger partial charge in [0.2, 0.25) is 5.91 Å². The van der Waals surface area contributed by atoms with E-state index in [1.54, 1.807) is 54.0 Å². The number of nitrogen functional groups attached to an aromatic ring is 1. The minimum atomic E-state index is -0.709. The zero-order valence-electron chi connectivity index (χ0n) is 21.2. The number of amides is 2. The number of carbonyl (C=O) groups excluding carboxylic acids is 2. The van der Waals surface area contributed by atoms with Crippen LogP contribution in [-0.4, -0.2) is 42.3 Å². The molecule has 11 nitrogen and oxygen atoms in total. The molecule has 0 radical (unpaired) electrons. The van der Waals surface area contributed by atoms with Crippen LogP contribution in [0.2, 0.25) is 0 Å². The molecular formula is C28H24N8O3. The lowest BCUT2D eigenvalue weighted by atomic mass is 10.1. The van der Waals surface area contributed by atoms with Crippen molar-refractivity contribution in [2.45, 2.75) is 19.9 Å². The number of fused-ring (bicyclic) bond motifs is 2. The van der Waals surface area contributed by atoms with Crippen LogP contribution in [0.3, 0.4) is 0 Å². The lowest BCUT2D eigenvalue weighted by molar-refractivity contribution is -0.118. The van der Waals surface area contributed by atoms with Gasteiger partial charge in [-0.2, -0.15) is 0 Å². The molecule has 0 bridgehead atoms. The van der Waals surface area contributed by atoms with E-state index in [1.807, 2.05) is 18.2 Å². The lowest BCUT2D eigenvalue weighted by Crippen LogP contribution is -2.34. The fraction of sp³-hybridized carbons (Fsp3) is 0.143. The Balaban J connectivity index is 1.62. The molecule has 3 aromatic heterocycles. The molecule has 5 rings (SSSR count). The van der Waals surface area contributed by atoms with Gasteiger partial charge in [0.05, 0.1) is 29.2 Å². The van der Waals surface area contributed by atoms with Gasteiger partial charge in [0.15, 0.2) is 5.65 Å². The van der Waals surface area contributed by atoms with E-state index in [0.29, 0.717) is 33.6 Å². The fourth-order valence-corrected chi connectivity index (χ4v) is 4.23. The van der Waals surface area contributed by atoms with Crippen LogP contribution in [0.15, 0.2) is 72.0 Å². The number of hydrogen-bond acceptors (Lipinski definition) is 7. The highest BCUT2D eigenvalue weighted by molar-refractivity contribution is 6.04. The third-order valence-corrected chi connectivity index (χ3v) is 6.02. The molecule has 0 saturated carbocycles. The number of nitrogens with zero attached hydrogens (tertiary/aromatic N) is 5. The third kappa shape index (κ3) is 4.91. The minimum absolute atomic E-state index is 0.0350. The van der Waals surface area contributed by atoms with Crippen molar-refractivity contribution in [1.29, 1.82) is 0 Å². The van der Waals surface area contributed by atoms with E-state index >= 15 is 0 Å². The predicted octanol–water partition coefficient (Wildman–Crippen LogP) is 1.99. The molecule has 0 fully saturated rings. The molecule has 0 aliphatic rings. The zero-order chi connectivity index (χ0) is 27.5. The Hall–Kier alpha value is -5.50. The van der Waals surface area contributed by atoms with Crippen molar-refractivity contribution in [1.82, 2.24) is 34.6 Å². The smallest absolute Gasteiger partial charge is 0.267 e. The van der Waals surface area contributed by atoms with Gasteiger partial charge in [0.1, 0.15) is 23.5 Å². The van der Waals surface area contributed by atoms with Gasteiger partial charge in [-0.25, -0.2) is 15.0 Å². The Morgan fingerprint density at radius 3 is 2.67 bits per heavy atom. The van der Waals surface area contributed by atoms with E-state index in [9.17, 15) is 14.4 Å². The van der Waals surface area contributed by atoms with E-state index in [-0.39, 0.29) is 29.4 Å². The third-order valence-electron chi connectivity index (χ3n) is 6.02. The van der Waals surface area contributed by atoms with Gasteiger partial charge in [-0.3, -0.25) is 23.4 Å². The monoisotopic (exact) mass is 520 g/mol. The van der Waals surface area contributed by atoms with Crippen molar-refractivity contribution in [3.63, 3.8) is 0 Å². The van der Waals surface area contributed by atoms with Crippen molar-refractivity contribution >= 4 is 34.2 Å². The van der Waals surface area contributed by atoms with Crippen molar-refractivity contribution in [3.8, 4) is 17.5 Å². The van der Waals surface area contributed by atoms with Crippen LogP contribution in [-0.2, 0) is 4.79 Å². The number of aromatic nitrogens is 5. The van der Waals surface area contributed by atoms with Crippen LogP contribution in [0.4, 0.5) is 5.82 Å². The Labute approximate surface area is 222 Å². The number of carbonyl (C=O) groups is 2. The summed E-state index contributed by atoms with van der Waals surface area (Å²) in [5.74, 6) is 5.49. The van der Waals surface area contributed by atoms with E-state index in [2.05, 4.69) is 32.4 Å². The SMILES string of the molecule is CC(=O)NCC#Cc1cccc2nc([C@@H](C)NC(=O)c3c(N)ncn4ccnc34)n(-c3ccccc3)c(=O)c12. The molecular weight excluding hydrogens is 496 g/mol. The minimum Gasteiger partial charge on any atom is -0.383 e. The van der Waals surface area contributed by atoms with Gasteiger partial charge in [-0.05, 0) is 31.2 Å². The standard InChI is InChI=1S/C28H24N8O3/c1-17(33-27(38)23-24(29)32-16-35-15-14-31-26(23)35)25-34-21-12-6-8-19(9-7-13-30-18(2)37)22(21)28(39)36(25)20-10-4-3-5-11-20/h3-6,8,10-12,14-17H,13,29H2,1-2H3,(H,30,37)(H,33,38)/t17-/m1/s1. The highest BCUT2D eigenvalue weighted by atomic mass is 16.2. The molecule has 0 aliphatic heterocycles. The molecule has 0 saturated heterocycles. The van der Waals surface area contributed by atoms with Crippen molar-refractivity contribution < 1.29 is 9.59 Å². The number of nitrogens with two attached hydrogens (primary N) is 1. The van der Waals surface area contributed by atoms with E-state index < -0.39 is 11.9 Å². The normalized spacial score (nSPS) is 11.5. The Bertz CT molecular complexity index is 1850. The van der Waals surface area contributed by atoms with Gasteiger partial charge < -0.3 is 16.4 Å². The summed E-state index contributed by atoms with van der Waals surface area (Å²) in [6, 6.07) is 13.5. The van der Waals surface area contributed by atoms with Gasteiger partial charge in [-0.1, -0.05) is 36.1 Å². The maximum absolute atomic E-state index is 14.0. The van der Waals surface area contributed by atoms with Crippen LogP contribution < -0.4 is 21.9 Å². The van der Waals surface area contributed by atoms with Crippen molar-refractivity contribution in [2.24, 2.45) is 0 Å². The molecule has 5 aromatic rings. The maximum Gasteiger partial charge on any atom is 0.267 e. The molecule has 11 heteroatoms. The molecule has 194 valence electrons. The summed E-state index contributed by atoms with van der Waals surface area (Å²) in [4.78, 5) is 51.6. The first-order chi connectivity index (χ1) is 18.8. The van der Waals surface area contributed by atoms with Crippen LogP contribution in [0.5, 0.6) is 0 Å². The summed E-state index contributed by atoms with van der Waals surface area (Å²) in [6.45, 7) is 3.29. The largest absolute Gasteiger partial charge is 0.383 e. The maximum atomic E-state index is 14.0. The van der Waals surface area contributed by atoms with Gasteiger partial charge in [-0.15, -0.1) is 0 Å². The summed E-state index contributed by atoms with van der Waals surface area (Å²) < 4.78 is 3.06. The number of benzene rings is 2. The first-order valence-corrected chi connectivity index (χ1v) is 12.1. The van der Waals surface area contributed by atoms with E-state index in [0.717, 1.165) is 0 Å². The van der Waals surface area contributed by atoms with Crippen LogP contribution >= 0.6 is 0 Å². The average Bonchev–Trinajstić information content (AvgIpc) is 3.39. The predicted molar refractivity (Wildman–Crippen MR) is 146 cm³/mol. The number of rotatable bonds is 5. The molecule has 0 spiro atoms. The summed E-state index contributed by atoms with van der Waals surface area (Å²) in [5.41, 5.74) is 7.65. The molecule has 39 heavy (non-hydrogen) atoms. The second-order valence-corrected chi connectivity index (χ2v) is 8.72. The second-order valence-electron chi connectivity index (χ2n) is 8.72.